The normalized spacial score (nSPS) is 30.9. The molecule has 1 aliphatic carbocycles. The fourth-order valence-electron chi connectivity index (χ4n) is 1.39. The molecule has 0 amide bonds. The minimum absolute atomic E-state index is 0.00199. The van der Waals surface area contributed by atoms with Crippen LogP contribution in [0.5, 0.6) is 0 Å². The molecule has 0 bridgehead atoms. The molecule has 1 aliphatic rings. The van der Waals surface area contributed by atoms with Gasteiger partial charge in [-0.3, -0.25) is 0 Å². The third-order valence-corrected chi connectivity index (χ3v) is 4.83. The van der Waals surface area contributed by atoms with Gasteiger partial charge in [-0.15, -0.1) is 0 Å². The van der Waals surface area contributed by atoms with E-state index in [0.717, 1.165) is 6.42 Å². The lowest BCUT2D eigenvalue weighted by molar-refractivity contribution is -0.171. The van der Waals surface area contributed by atoms with Crippen LogP contribution in [0.3, 0.4) is 0 Å². The Morgan fingerprint density at radius 1 is 1.23 bits per heavy atom. The molecule has 0 N–H and O–H groups in total. The van der Waals surface area contributed by atoms with E-state index in [9.17, 15) is 0 Å². The van der Waals surface area contributed by atoms with Crippen molar-refractivity contribution in [2.45, 2.75) is 36.7 Å². The summed E-state index contributed by atoms with van der Waals surface area (Å²) < 4.78 is 11.1. The van der Waals surface area contributed by atoms with Crippen LogP contribution in [0.1, 0.15) is 27.2 Å². The third kappa shape index (κ3) is 2.28. The van der Waals surface area contributed by atoms with Gasteiger partial charge in [0, 0.05) is 18.6 Å². The van der Waals surface area contributed by atoms with Gasteiger partial charge in [-0.25, -0.2) is 0 Å². The average Bonchev–Trinajstić information content (AvgIpc) is 2.52. The van der Waals surface area contributed by atoms with Crippen molar-refractivity contribution in [3.05, 3.63) is 0 Å². The Hall–Kier alpha value is 0.880. The summed E-state index contributed by atoms with van der Waals surface area (Å²) in [6.45, 7) is 7.52. The molecule has 0 aromatic carbocycles. The fraction of sp³-hybridized carbons (Fsp3) is 1.00. The van der Waals surface area contributed by atoms with E-state index in [-0.39, 0.29) is 14.9 Å². The van der Waals surface area contributed by atoms with E-state index < -0.39 is 0 Å². The average molecular weight is 316 g/mol. The van der Waals surface area contributed by atoms with Crippen molar-refractivity contribution >= 4 is 31.9 Å². The van der Waals surface area contributed by atoms with E-state index in [1.54, 1.807) is 0 Å². The predicted molar refractivity (Wildman–Crippen MR) is 60.3 cm³/mol. The van der Waals surface area contributed by atoms with Crippen LogP contribution >= 0.6 is 31.9 Å². The molecule has 0 heterocycles. The van der Waals surface area contributed by atoms with Crippen molar-refractivity contribution in [2.24, 2.45) is 5.41 Å². The molecule has 0 aromatic heterocycles. The Kier molecular flexibility index (Phi) is 3.83. The van der Waals surface area contributed by atoms with E-state index in [1.807, 2.05) is 13.8 Å². The van der Waals surface area contributed by atoms with Gasteiger partial charge in [0.25, 0.3) is 0 Å². The minimum atomic E-state index is -0.110. The highest BCUT2D eigenvalue weighted by molar-refractivity contribution is 9.25. The number of alkyl halides is 2. The van der Waals surface area contributed by atoms with Crippen LogP contribution < -0.4 is 0 Å². The van der Waals surface area contributed by atoms with Crippen molar-refractivity contribution in [1.29, 1.82) is 0 Å². The van der Waals surface area contributed by atoms with Gasteiger partial charge in [0.1, 0.15) is 0 Å². The molecule has 0 spiro atoms. The molecule has 0 radical (unpaired) electrons. The minimum Gasteiger partial charge on any atom is -0.352 e. The maximum absolute atomic E-state index is 5.56. The summed E-state index contributed by atoms with van der Waals surface area (Å²) in [5, 5.41) is 0. The maximum Gasteiger partial charge on any atom is 0.165 e. The summed E-state index contributed by atoms with van der Waals surface area (Å²) in [7, 11) is 0. The van der Waals surface area contributed by atoms with Crippen LogP contribution in [0, 0.1) is 5.41 Å². The Morgan fingerprint density at radius 2 is 1.62 bits per heavy atom. The monoisotopic (exact) mass is 314 g/mol. The van der Waals surface area contributed by atoms with Crippen LogP contribution in [0.15, 0.2) is 0 Å². The maximum atomic E-state index is 5.56. The van der Waals surface area contributed by atoms with Gasteiger partial charge in [0.05, 0.1) is 3.23 Å². The van der Waals surface area contributed by atoms with Gasteiger partial charge in [-0.05, 0) is 20.3 Å². The van der Waals surface area contributed by atoms with Crippen LogP contribution in [0.2, 0.25) is 0 Å². The molecule has 0 aliphatic heterocycles. The molecule has 1 fully saturated rings. The summed E-state index contributed by atoms with van der Waals surface area (Å²) in [4.78, 5) is 0. The molecular weight excluding hydrogens is 300 g/mol. The smallest absolute Gasteiger partial charge is 0.165 e. The summed E-state index contributed by atoms with van der Waals surface area (Å²) in [5.74, 6) is 0. The molecule has 13 heavy (non-hydrogen) atoms. The molecule has 1 saturated carbocycles. The Bertz CT molecular complexity index is 178. The Balaban J connectivity index is 2.56. The fourth-order valence-corrected chi connectivity index (χ4v) is 2.93. The first-order valence-corrected chi connectivity index (χ1v) is 6.17. The molecule has 0 saturated heterocycles. The molecular formula is C9H16Br2O2. The van der Waals surface area contributed by atoms with Gasteiger partial charge < -0.3 is 9.47 Å². The number of hydrogen-bond donors (Lipinski definition) is 0. The van der Waals surface area contributed by atoms with E-state index in [0.29, 0.717) is 13.2 Å². The largest absolute Gasteiger partial charge is 0.352 e. The zero-order valence-electron chi connectivity index (χ0n) is 8.27. The number of ether oxygens (including phenoxy) is 2. The zero-order chi connectivity index (χ0) is 10.1. The molecule has 1 unspecified atom stereocenters. The highest BCUT2D eigenvalue weighted by atomic mass is 79.9. The number of halogens is 2. The molecule has 0 aromatic rings. The molecule has 1 atom stereocenters. The van der Waals surface area contributed by atoms with Gasteiger partial charge in [0.15, 0.2) is 6.29 Å². The second-order valence-electron chi connectivity index (χ2n) is 3.54. The quantitative estimate of drug-likeness (QED) is 0.572. The van der Waals surface area contributed by atoms with E-state index in [1.165, 1.54) is 0 Å². The molecule has 4 heteroatoms. The van der Waals surface area contributed by atoms with Crippen molar-refractivity contribution in [1.82, 2.24) is 0 Å². The van der Waals surface area contributed by atoms with Crippen molar-refractivity contribution in [3.63, 3.8) is 0 Å². The summed E-state index contributed by atoms with van der Waals surface area (Å²) in [6, 6.07) is 0. The zero-order valence-corrected chi connectivity index (χ0v) is 11.4. The van der Waals surface area contributed by atoms with Crippen LogP contribution in [0.25, 0.3) is 0 Å². The summed E-state index contributed by atoms with van der Waals surface area (Å²) in [6.07, 6.45) is 0.922. The van der Waals surface area contributed by atoms with Crippen LogP contribution in [-0.4, -0.2) is 22.7 Å². The highest BCUT2D eigenvalue weighted by Crippen LogP contribution is 2.68. The van der Waals surface area contributed by atoms with Gasteiger partial charge >= 0.3 is 0 Å². The summed E-state index contributed by atoms with van der Waals surface area (Å²) >= 11 is 7.21. The topological polar surface area (TPSA) is 18.5 Å². The summed E-state index contributed by atoms with van der Waals surface area (Å²) in [5.41, 5.74) is 0.0546. The van der Waals surface area contributed by atoms with E-state index >= 15 is 0 Å². The lowest BCUT2D eigenvalue weighted by atomic mass is 10.1. The Morgan fingerprint density at radius 3 is 1.85 bits per heavy atom. The first kappa shape index (κ1) is 12.0. The molecule has 1 rings (SSSR count). The highest BCUT2D eigenvalue weighted by Gasteiger charge is 2.66. The first-order chi connectivity index (χ1) is 5.98. The van der Waals surface area contributed by atoms with E-state index in [2.05, 4.69) is 38.8 Å². The van der Waals surface area contributed by atoms with Crippen molar-refractivity contribution in [2.75, 3.05) is 13.2 Å². The third-order valence-electron chi connectivity index (χ3n) is 2.46. The van der Waals surface area contributed by atoms with Crippen molar-refractivity contribution in [3.8, 4) is 0 Å². The number of rotatable bonds is 5. The second-order valence-corrected chi connectivity index (χ2v) is 7.31. The molecule has 78 valence electrons. The predicted octanol–water partition coefficient (Wildman–Crippen LogP) is 3.28. The SMILES string of the molecule is CCOC(OCC)C1(C)CC1(Br)Br. The van der Waals surface area contributed by atoms with Gasteiger partial charge in [0.2, 0.25) is 0 Å². The van der Waals surface area contributed by atoms with Gasteiger partial charge in [-0.2, -0.15) is 0 Å². The lowest BCUT2D eigenvalue weighted by Gasteiger charge is -2.25. The lowest BCUT2D eigenvalue weighted by Crippen LogP contribution is -2.30. The number of hydrogen-bond acceptors (Lipinski definition) is 2. The second kappa shape index (κ2) is 4.17. The van der Waals surface area contributed by atoms with Crippen molar-refractivity contribution < 1.29 is 9.47 Å². The standard InChI is InChI=1S/C9H16Br2O2/c1-4-12-7(13-5-2)8(3)6-9(8,10)11/h7H,4-6H2,1-3H3. The Labute approximate surface area is 96.6 Å². The van der Waals surface area contributed by atoms with Gasteiger partial charge in [-0.1, -0.05) is 38.8 Å². The van der Waals surface area contributed by atoms with Crippen LogP contribution in [0.4, 0.5) is 0 Å². The molecule has 2 nitrogen and oxygen atoms in total. The first-order valence-electron chi connectivity index (χ1n) is 4.59. The van der Waals surface area contributed by atoms with E-state index in [4.69, 9.17) is 9.47 Å². The van der Waals surface area contributed by atoms with Crippen LogP contribution in [-0.2, 0) is 9.47 Å².